The summed E-state index contributed by atoms with van der Waals surface area (Å²) in [5, 5.41) is 5.76. The number of aromatic nitrogens is 3. The lowest BCUT2D eigenvalue weighted by Gasteiger charge is -2.12. The van der Waals surface area contributed by atoms with Gasteiger partial charge in [0.15, 0.2) is 0 Å². The van der Waals surface area contributed by atoms with Crippen molar-refractivity contribution in [3.05, 3.63) is 90.0 Å². The topological polar surface area (TPSA) is 99.8 Å². The summed E-state index contributed by atoms with van der Waals surface area (Å²) < 4.78 is 0. The molecule has 7 nitrogen and oxygen atoms in total. The van der Waals surface area contributed by atoms with Gasteiger partial charge < -0.3 is 15.6 Å². The zero-order chi connectivity index (χ0) is 19.3. The minimum absolute atomic E-state index is 0.223. The molecule has 4 aromatic rings. The van der Waals surface area contributed by atoms with Crippen molar-refractivity contribution in [2.24, 2.45) is 0 Å². The van der Waals surface area contributed by atoms with Gasteiger partial charge in [-0.2, -0.15) is 0 Å². The summed E-state index contributed by atoms with van der Waals surface area (Å²) in [5.74, 6) is -0.457. The molecule has 0 spiro atoms. The quantitative estimate of drug-likeness (QED) is 0.502. The molecule has 0 aliphatic heterocycles. The van der Waals surface area contributed by atoms with E-state index in [1.165, 1.54) is 6.20 Å². The number of rotatable bonds is 5. The maximum atomic E-state index is 12.7. The highest BCUT2D eigenvalue weighted by Gasteiger charge is 2.11. The summed E-state index contributed by atoms with van der Waals surface area (Å²) in [7, 11) is 0. The third-order valence-electron chi connectivity index (χ3n) is 4.31. The van der Waals surface area contributed by atoms with Crippen LogP contribution in [-0.2, 0) is 6.54 Å². The summed E-state index contributed by atoms with van der Waals surface area (Å²) in [4.78, 5) is 36.0. The number of imidazole rings is 1. The molecule has 0 aliphatic carbocycles. The highest BCUT2D eigenvalue weighted by molar-refractivity contribution is 6.06. The molecule has 138 valence electrons. The summed E-state index contributed by atoms with van der Waals surface area (Å²) in [6.45, 7) is 0.282. The fraction of sp³-hybridized carbons (Fsp3) is 0.0476. The second-order valence-corrected chi connectivity index (χ2v) is 6.17. The molecule has 0 unspecified atom stereocenters. The van der Waals surface area contributed by atoms with E-state index in [1.54, 1.807) is 48.9 Å². The van der Waals surface area contributed by atoms with Crippen molar-refractivity contribution < 1.29 is 9.59 Å². The largest absolute Gasteiger partial charge is 0.348 e. The van der Waals surface area contributed by atoms with Crippen molar-refractivity contribution in [3.8, 4) is 0 Å². The Morgan fingerprint density at radius 3 is 2.71 bits per heavy atom. The first kappa shape index (κ1) is 17.4. The van der Waals surface area contributed by atoms with Gasteiger partial charge in [-0.1, -0.05) is 18.2 Å². The van der Waals surface area contributed by atoms with E-state index in [9.17, 15) is 9.59 Å². The molecule has 0 bridgehead atoms. The summed E-state index contributed by atoms with van der Waals surface area (Å²) in [6.07, 6.45) is 4.71. The van der Waals surface area contributed by atoms with E-state index in [1.807, 2.05) is 18.2 Å². The van der Waals surface area contributed by atoms with Crippen LogP contribution in [0.3, 0.4) is 0 Å². The lowest BCUT2D eigenvalue weighted by atomic mass is 10.1. The number of nitrogens with one attached hydrogen (secondary N) is 3. The molecular formula is C21H17N5O2. The molecule has 0 radical (unpaired) electrons. The lowest BCUT2D eigenvalue weighted by Crippen LogP contribution is -2.24. The Labute approximate surface area is 160 Å². The molecule has 28 heavy (non-hydrogen) atoms. The smallest absolute Gasteiger partial charge is 0.255 e. The normalized spacial score (nSPS) is 10.6. The Kier molecular flexibility index (Phi) is 4.79. The molecule has 3 N–H and O–H groups in total. The molecule has 0 fully saturated rings. The predicted molar refractivity (Wildman–Crippen MR) is 106 cm³/mol. The van der Waals surface area contributed by atoms with Crippen molar-refractivity contribution in [1.29, 1.82) is 0 Å². The molecule has 2 amide bonds. The standard InChI is InChI=1S/C21H17N5O2/c27-20(16-5-3-9-22-11-16)23-12-15-4-1-2-6-17(15)26-21(28)14-7-8-18-19(10-14)25-13-24-18/h1-11,13H,12H2,(H,23,27)(H,24,25)(H,26,28). The Hall–Kier alpha value is -4.00. The third-order valence-corrected chi connectivity index (χ3v) is 4.31. The number of hydrogen-bond donors (Lipinski definition) is 3. The lowest BCUT2D eigenvalue weighted by molar-refractivity contribution is 0.0950. The Morgan fingerprint density at radius 1 is 0.964 bits per heavy atom. The van der Waals surface area contributed by atoms with E-state index in [0.29, 0.717) is 16.8 Å². The zero-order valence-corrected chi connectivity index (χ0v) is 14.8. The van der Waals surface area contributed by atoms with Crippen LogP contribution in [0.1, 0.15) is 26.3 Å². The van der Waals surface area contributed by atoms with Crippen LogP contribution >= 0.6 is 0 Å². The van der Waals surface area contributed by atoms with Crippen LogP contribution in [0, 0.1) is 0 Å². The number of carbonyl (C=O) groups is 2. The number of nitrogens with zero attached hydrogens (tertiary/aromatic N) is 2. The van der Waals surface area contributed by atoms with Gasteiger partial charge >= 0.3 is 0 Å². The number of hydrogen-bond acceptors (Lipinski definition) is 4. The molecule has 2 heterocycles. The molecule has 2 aromatic carbocycles. The first-order chi connectivity index (χ1) is 13.7. The fourth-order valence-corrected chi connectivity index (χ4v) is 2.84. The molecule has 0 saturated carbocycles. The first-order valence-corrected chi connectivity index (χ1v) is 8.71. The summed E-state index contributed by atoms with van der Waals surface area (Å²) in [5.41, 5.74) is 4.04. The maximum Gasteiger partial charge on any atom is 0.255 e. The number of para-hydroxylation sites is 1. The highest BCUT2D eigenvalue weighted by Crippen LogP contribution is 2.18. The van der Waals surface area contributed by atoms with E-state index in [-0.39, 0.29) is 18.4 Å². The van der Waals surface area contributed by atoms with Crippen molar-refractivity contribution >= 4 is 28.5 Å². The van der Waals surface area contributed by atoms with Crippen molar-refractivity contribution in [3.63, 3.8) is 0 Å². The summed E-state index contributed by atoms with van der Waals surface area (Å²) in [6, 6.07) is 16.0. The second kappa shape index (κ2) is 7.71. The molecule has 4 rings (SSSR count). The Balaban J connectivity index is 1.48. The van der Waals surface area contributed by atoms with Crippen LogP contribution in [0.4, 0.5) is 5.69 Å². The number of fused-ring (bicyclic) bond motifs is 1. The monoisotopic (exact) mass is 371 g/mol. The van der Waals surface area contributed by atoms with E-state index in [0.717, 1.165) is 16.6 Å². The average molecular weight is 371 g/mol. The van der Waals surface area contributed by atoms with Gasteiger partial charge in [-0.25, -0.2) is 4.98 Å². The predicted octanol–water partition coefficient (Wildman–Crippen LogP) is 3.14. The Bertz CT molecular complexity index is 1140. The van der Waals surface area contributed by atoms with Gasteiger partial charge in [-0.15, -0.1) is 0 Å². The van der Waals surface area contributed by atoms with Gasteiger partial charge in [-0.05, 0) is 42.0 Å². The molecule has 0 aliphatic rings. The van der Waals surface area contributed by atoms with Crippen molar-refractivity contribution in [2.45, 2.75) is 6.54 Å². The van der Waals surface area contributed by atoms with Gasteiger partial charge in [0.05, 0.1) is 22.9 Å². The second-order valence-electron chi connectivity index (χ2n) is 6.17. The van der Waals surface area contributed by atoms with E-state index in [4.69, 9.17) is 0 Å². The van der Waals surface area contributed by atoms with Crippen molar-refractivity contribution in [2.75, 3.05) is 5.32 Å². The van der Waals surface area contributed by atoms with Gasteiger partial charge in [0.25, 0.3) is 11.8 Å². The number of H-pyrrole nitrogens is 1. The van der Waals surface area contributed by atoms with Crippen LogP contribution in [0.25, 0.3) is 11.0 Å². The fourth-order valence-electron chi connectivity index (χ4n) is 2.84. The number of anilines is 1. The SMILES string of the molecule is O=C(NCc1ccccc1NC(=O)c1ccc2nc[nH]c2c1)c1cccnc1. The zero-order valence-electron chi connectivity index (χ0n) is 14.8. The molecule has 0 saturated heterocycles. The highest BCUT2D eigenvalue weighted by atomic mass is 16.2. The van der Waals surface area contributed by atoms with Crippen LogP contribution in [0.5, 0.6) is 0 Å². The number of benzene rings is 2. The van der Waals surface area contributed by atoms with Crippen LogP contribution in [-0.4, -0.2) is 26.8 Å². The number of amides is 2. The van der Waals surface area contributed by atoms with Crippen LogP contribution in [0.2, 0.25) is 0 Å². The molecule has 0 atom stereocenters. The minimum Gasteiger partial charge on any atom is -0.348 e. The van der Waals surface area contributed by atoms with Gasteiger partial charge in [0.2, 0.25) is 0 Å². The first-order valence-electron chi connectivity index (χ1n) is 8.71. The number of carbonyl (C=O) groups excluding carboxylic acids is 2. The van der Waals surface area contributed by atoms with Gasteiger partial charge in [0, 0.05) is 30.2 Å². The van der Waals surface area contributed by atoms with E-state index in [2.05, 4.69) is 25.6 Å². The summed E-state index contributed by atoms with van der Waals surface area (Å²) >= 11 is 0. The number of aromatic amines is 1. The van der Waals surface area contributed by atoms with E-state index < -0.39 is 0 Å². The number of pyridine rings is 1. The molecule has 2 aromatic heterocycles. The van der Waals surface area contributed by atoms with Crippen LogP contribution < -0.4 is 10.6 Å². The van der Waals surface area contributed by atoms with Gasteiger partial charge in [0.1, 0.15) is 0 Å². The van der Waals surface area contributed by atoms with Crippen molar-refractivity contribution in [1.82, 2.24) is 20.3 Å². The third kappa shape index (κ3) is 3.73. The molecule has 7 heteroatoms. The van der Waals surface area contributed by atoms with Gasteiger partial charge in [-0.3, -0.25) is 14.6 Å². The Morgan fingerprint density at radius 2 is 1.86 bits per heavy atom. The minimum atomic E-state index is -0.234. The van der Waals surface area contributed by atoms with Crippen LogP contribution in [0.15, 0.2) is 73.3 Å². The average Bonchev–Trinajstić information content (AvgIpc) is 3.21. The van der Waals surface area contributed by atoms with E-state index >= 15 is 0 Å². The molecular weight excluding hydrogens is 354 g/mol. The maximum absolute atomic E-state index is 12.7.